The molecule has 0 aliphatic rings. The van der Waals surface area contributed by atoms with Gasteiger partial charge in [-0.25, -0.2) is 9.37 Å². The first-order chi connectivity index (χ1) is 12.0. The molecule has 8 nitrogen and oxygen atoms in total. The van der Waals surface area contributed by atoms with Gasteiger partial charge in [-0.15, -0.1) is 10.2 Å². The normalized spacial score (nSPS) is 12.1. The molecule has 0 radical (unpaired) electrons. The summed E-state index contributed by atoms with van der Waals surface area (Å²) >= 11 is 0. The average Bonchev–Trinajstić information content (AvgIpc) is 3.27. The Labute approximate surface area is 143 Å². The van der Waals surface area contributed by atoms with E-state index in [1.165, 1.54) is 18.4 Å². The Morgan fingerprint density at radius 2 is 2.12 bits per heavy atom. The number of likely N-dealkylation sites (N-methyl/N-ethyl adjacent to an activating group) is 1. The van der Waals surface area contributed by atoms with Gasteiger partial charge in [-0.2, -0.15) is 5.21 Å². The van der Waals surface area contributed by atoms with E-state index in [0.29, 0.717) is 29.5 Å². The minimum Gasteiger partial charge on any atom is -0.444 e. The lowest BCUT2D eigenvalue weighted by Crippen LogP contribution is -2.32. The Bertz CT molecular complexity index is 831. The number of nitrogens with zero attached hydrogens (tertiary/aromatic N) is 5. The number of rotatable bonds is 6. The van der Waals surface area contributed by atoms with Gasteiger partial charge in [0.15, 0.2) is 5.82 Å². The standard InChI is InChI=1S/C16H17FN6O2/c1-10(15-19-21-22-20-15)8-23(2)14(24)7-13-9-25-16(18-13)11-3-5-12(17)6-4-11/h3-6,9-10H,7-8H2,1-2H3,(H,19,20,21,22). The molecule has 3 rings (SSSR count). The van der Waals surface area contributed by atoms with Crippen molar-refractivity contribution in [3.63, 3.8) is 0 Å². The quantitative estimate of drug-likeness (QED) is 0.732. The molecule has 0 fully saturated rings. The molecule has 0 aliphatic heterocycles. The van der Waals surface area contributed by atoms with Crippen LogP contribution in [0.1, 0.15) is 24.4 Å². The number of carbonyl (C=O) groups excluding carboxylic acids is 1. The van der Waals surface area contributed by atoms with E-state index in [0.717, 1.165) is 0 Å². The zero-order chi connectivity index (χ0) is 17.8. The number of tetrazole rings is 1. The summed E-state index contributed by atoms with van der Waals surface area (Å²) in [7, 11) is 1.71. The summed E-state index contributed by atoms with van der Waals surface area (Å²) in [5, 5.41) is 13.7. The molecule has 0 bridgehead atoms. The number of carbonyl (C=O) groups is 1. The Morgan fingerprint density at radius 3 is 2.80 bits per heavy atom. The van der Waals surface area contributed by atoms with Gasteiger partial charge in [-0.1, -0.05) is 12.1 Å². The predicted octanol–water partition coefficient (Wildman–Crippen LogP) is 1.80. The van der Waals surface area contributed by atoms with Gasteiger partial charge >= 0.3 is 0 Å². The van der Waals surface area contributed by atoms with Gasteiger partial charge in [0.1, 0.15) is 12.1 Å². The first-order valence-electron chi connectivity index (χ1n) is 7.70. The molecule has 1 atom stereocenters. The average molecular weight is 344 g/mol. The molecule has 9 heteroatoms. The van der Waals surface area contributed by atoms with Crippen molar-refractivity contribution in [3.05, 3.63) is 47.9 Å². The lowest BCUT2D eigenvalue weighted by molar-refractivity contribution is -0.129. The second-order valence-electron chi connectivity index (χ2n) is 5.77. The van der Waals surface area contributed by atoms with Crippen LogP contribution in [0, 0.1) is 5.82 Å². The highest BCUT2D eigenvalue weighted by atomic mass is 19.1. The van der Waals surface area contributed by atoms with Crippen LogP contribution >= 0.6 is 0 Å². The summed E-state index contributed by atoms with van der Waals surface area (Å²) in [6, 6.07) is 5.81. The maximum Gasteiger partial charge on any atom is 0.228 e. The van der Waals surface area contributed by atoms with Crippen LogP contribution in [0.25, 0.3) is 11.5 Å². The third kappa shape index (κ3) is 4.06. The van der Waals surface area contributed by atoms with Crippen LogP contribution < -0.4 is 0 Å². The van der Waals surface area contributed by atoms with Crippen molar-refractivity contribution in [3.8, 4) is 11.5 Å². The van der Waals surface area contributed by atoms with Crippen LogP contribution in [0.3, 0.4) is 0 Å². The van der Waals surface area contributed by atoms with Gasteiger partial charge in [0.25, 0.3) is 0 Å². The molecule has 0 spiro atoms. The molecule has 2 heterocycles. The molecule has 1 aromatic carbocycles. The molecule has 3 aromatic rings. The molecule has 0 saturated heterocycles. The number of H-pyrrole nitrogens is 1. The Morgan fingerprint density at radius 1 is 1.36 bits per heavy atom. The number of benzene rings is 1. The van der Waals surface area contributed by atoms with Crippen molar-refractivity contribution >= 4 is 5.91 Å². The van der Waals surface area contributed by atoms with E-state index in [1.807, 2.05) is 6.92 Å². The number of amides is 1. The molecule has 0 saturated carbocycles. The molecule has 2 aromatic heterocycles. The molecule has 0 aliphatic carbocycles. The minimum atomic E-state index is -0.331. The van der Waals surface area contributed by atoms with Crippen LogP contribution in [0.2, 0.25) is 0 Å². The molecule has 25 heavy (non-hydrogen) atoms. The fourth-order valence-corrected chi connectivity index (χ4v) is 2.38. The van der Waals surface area contributed by atoms with Gasteiger partial charge in [0, 0.05) is 25.1 Å². The molecule has 1 N–H and O–H groups in total. The molecular weight excluding hydrogens is 327 g/mol. The first-order valence-corrected chi connectivity index (χ1v) is 7.70. The van der Waals surface area contributed by atoms with E-state index in [-0.39, 0.29) is 24.1 Å². The third-order valence-electron chi connectivity index (χ3n) is 3.75. The number of nitrogens with one attached hydrogen (secondary N) is 1. The van der Waals surface area contributed by atoms with Crippen molar-refractivity contribution < 1.29 is 13.6 Å². The maximum absolute atomic E-state index is 13.0. The fourth-order valence-electron chi connectivity index (χ4n) is 2.38. The fraction of sp³-hybridized carbons (Fsp3) is 0.312. The summed E-state index contributed by atoms with van der Waals surface area (Å²) in [5.41, 5.74) is 1.17. The monoisotopic (exact) mass is 344 g/mol. The van der Waals surface area contributed by atoms with Gasteiger partial charge in [-0.05, 0) is 24.3 Å². The van der Waals surface area contributed by atoms with Crippen molar-refractivity contribution in [1.82, 2.24) is 30.5 Å². The van der Waals surface area contributed by atoms with Crippen molar-refractivity contribution in [1.29, 1.82) is 0 Å². The van der Waals surface area contributed by atoms with Crippen molar-refractivity contribution in [2.24, 2.45) is 0 Å². The second kappa shape index (κ2) is 7.20. The van der Waals surface area contributed by atoms with E-state index in [2.05, 4.69) is 25.6 Å². The minimum absolute atomic E-state index is 0.0419. The van der Waals surface area contributed by atoms with Crippen LogP contribution in [0.5, 0.6) is 0 Å². The second-order valence-corrected chi connectivity index (χ2v) is 5.77. The van der Waals surface area contributed by atoms with E-state index < -0.39 is 0 Å². The topological polar surface area (TPSA) is 101 Å². The zero-order valence-corrected chi connectivity index (χ0v) is 13.8. The first kappa shape index (κ1) is 16.7. The van der Waals surface area contributed by atoms with Crippen LogP contribution in [-0.4, -0.2) is 50.0 Å². The SMILES string of the molecule is CC(CN(C)C(=O)Cc1coc(-c2ccc(F)cc2)n1)c1nn[nH]n1. The largest absolute Gasteiger partial charge is 0.444 e. The van der Waals surface area contributed by atoms with Crippen LogP contribution in [-0.2, 0) is 11.2 Å². The summed E-state index contributed by atoms with van der Waals surface area (Å²) in [4.78, 5) is 18.2. The number of aromatic nitrogens is 5. The summed E-state index contributed by atoms with van der Waals surface area (Å²) in [6.07, 6.45) is 1.55. The highest BCUT2D eigenvalue weighted by Crippen LogP contribution is 2.19. The summed E-state index contributed by atoms with van der Waals surface area (Å²) in [6.45, 7) is 2.37. The number of hydrogen-bond acceptors (Lipinski definition) is 6. The Balaban J connectivity index is 1.60. The number of aromatic amines is 1. The molecular formula is C16H17FN6O2. The van der Waals surface area contributed by atoms with Gasteiger partial charge in [0.05, 0.1) is 12.1 Å². The van der Waals surface area contributed by atoms with E-state index in [1.54, 1.807) is 24.1 Å². The van der Waals surface area contributed by atoms with Crippen molar-refractivity contribution in [2.45, 2.75) is 19.3 Å². The van der Waals surface area contributed by atoms with Gasteiger partial charge in [0.2, 0.25) is 11.8 Å². The smallest absolute Gasteiger partial charge is 0.228 e. The van der Waals surface area contributed by atoms with E-state index >= 15 is 0 Å². The molecule has 1 amide bonds. The van der Waals surface area contributed by atoms with Crippen LogP contribution in [0.15, 0.2) is 34.9 Å². The predicted molar refractivity (Wildman–Crippen MR) is 85.8 cm³/mol. The Hall–Kier alpha value is -3.10. The summed E-state index contributed by atoms with van der Waals surface area (Å²) in [5.74, 6) is 0.433. The maximum atomic E-state index is 13.0. The van der Waals surface area contributed by atoms with E-state index in [4.69, 9.17) is 4.42 Å². The molecule has 130 valence electrons. The highest BCUT2D eigenvalue weighted by molar-refractivity contribution is 5.78. The number of halogens is 1. The lowest BCUT2D eigenvalue weighted by Gasteiger charge is -2.19. The highest BCUT2D eigenvalue weighted by Gasteiger charge is 2.18. The third-order valence-corrected chi connectivity index (χ3v) is 3.75. The van der Waals surface area contributed by atoms with Crippen LogP contribution in [0.4, 0.5) is 4.39 Å². The van der Waals surface area contributed by atoms with Gasteiger partial charge in [-0.3, -0.25) is 4.79 Å². The lowest BCUT2D eigenvalue weighted by atomic mass is 10.1. The molecule has 1 unspecified atom stereocenters. The number of hydrogen-bond donors (Lipinski definition) is 1. The van der Waals surface area contributed by atoms with Gasteiger partial charge < -0.3 is 9.32 Å². The zero-order valence-electron chi connectivity index (χ0n) is 13.8. The van der Waals surface area contributed by atoms with Crippen molar-refractivity contribution in [2.75, 3.05) is 13.6 Å². The number of oxazole rings is 1. The van der Waals surface area contributed by atoms with E-state index in [9.17, 15) is 9.18 Å². The summed E-state index contributed by atoms with van der Waals surface area (Å²) < 4.78 is 18.3. The Kier molecular flexibility index (Phi) is 4.82.